The molecule has 0 spiro atoms. The average molecular weight is 357 g/mol. The zero-order valence-electron chi connectivity index (χ0n) is 14.5. The maximum absolute atomic E-state index is 5.40. The van der Waals surface area contributed by atoms with Crippen molar-refractivity contribution in [1.82, 2.24) is 15.0 Å². The van der Waals surface area contributed by atoms with Crippen molar-refractivity contribution < 1.29 is 9.47 Å². The monoisotopic (exact) mass is 357 g/mol. The molecule has 0 fully saturated rings. The van der Waals surface area contributed by atoms with Crippen LogP contribution in [0.1, 0.15) is 5.69 Å². The molecule has 0 radical (unpaired) electrons. The molecule has 2 heterocycles. The lowest BCUT2D eigenvalue weighted by Crippen LogP contribution is -2.00. The van der Waals surface area contributed by atoms with Gasteiger partial charge in [-0.3, -0.25) is 0 Å². The van der Waals surface area contributed by atoms with Crippen molar-refractivity contribution >= 4 is 28.1 Å². The van der Waals surface area contributed by atoms with Gasteiger partial charge in [0.1, 0.15) is 11.5 Å². The van der Waals surface area contributed by atoms with Gasteiger partial charge in [0.05, 0.1) is 36.2 Å². The fourth-order valence-electron chi connectivity index (χ4n) is 2.31. The number of aromatic nitrogens is 3. The van der Waals surface area contributed by atoms with E-state index in [1.54, 1.807) is 37.8 Å². The van der Waals surface area contributed by atoms with Crippen molar-refractivity contribution in [3.8, 4) is 22.1 Å². The summed E-state index contributed by atoms with van der Waals surface area (Å²) in [7, 11) is 5.08. The first-order chi connectivity index (χ1) is 12.1. The van der Waals surface area contributed by atoms with Gasteiger partial charge in [-0.15, -0.1) is 0 Å². The van der Waals surface area contributed by atoms with Gasteiger partial charge in [0.25, 0.3) is 0 Å². The van der Waals surface area contributed by atoms with Crippen LogP contribution in [0, 0.1) is 6.92 Å². The summed E-state index contributed by atoms with van der Waals surface area (Å²) in [5, 5.41) is 7.11. The molecule has 130 valence electrons. The number of methoxy groups -OCH3 is 2. The highest BCUT2D eigenvalue weighted by Gasteiger charge is 2.12. The Morgan fingerprint density at radius 3 is 2.60 bits per heavy atom. The Hall–Kier alpha value is -2.87. The molecule has 2 N–H and O–H groups in total. The fraction of sp³-hybridized carbons (Fsp3) is 0.235. The molecule has 0 aliphatic rings. The molecule has 3 aromatic rings. The van der Waals surface area contributed by atoms with Crippen LogP contribution in [-0.2, 0) is 0 Å². The first-order valence-electron chi connectivity index (χ1n) is 7.62. The number of anilines is 3. The first kappa shape index (κ1) is 17.0. The number of benzene rings is 1. The van der Waals surface area contributed by atoms with Crippen molar-refractivity contribution in [1.29, 1.82) is 0 Å². The van der Waals surface area contributed by atoms with E-state index in [0.717, 1.165) is 32.8 Å². The second-order valence-electron chi connectivity index (χ2n) is 5.14. The highest BCUT2D eigenvalue weighted by atomic mass is 32.1. The Bertz CT molecular complexity index is 881. The van der Waals surface area contributed by atoms with Gasteiger partial charge >= 0.3 is 0 Å². The van der Waals surface area contributed by atoms with Gasteiger partial charge < -0.3 is 20.1 Å². The van der Waals surface area contributed by atoms with Gasteiger partial charge in [0, 0.05) is 19.3 Å². The smallest absolute Gasteiger partial charge is 0.227 e. The third-order valence-electron chi connectivity index (χ3n) is 3.55. The van der Waals surface area contributed by atoms with Crippen LogP contribution in [0.25, 0.3) is 10.6 Å². The highest BCUT2D eigenvalue weighted by Crippen LogP contribution is 2.33. The largest absolute Gasteiger partial charge is 0.497 e. The summed E-state index contributed by atoms with van der Waals surface area (Å²) in [5.41, 5.74) is 2.51. The third-order valence-corrected chi connectivity index (χ3v) is 4.75. The van der Waals surface area contributed by atoms with E-state index in [4.69, 9.17) is 9.47 Å². The molecule has 7 nitrogen and oxygen atoms in total. The Morgan fingerprint density at radius 1 is 1.08 bits per heavy atom. The topological polar surface area (TPSA) is 81.2 Å². The summed E-state index contributed by atoms with van der Waals surface area (Å²) in [4.78, 5) is 14.4. The molecule has 25 heavy (non-hydrogen) atoms. The van der Waals surface area contributed by atoms with Gasteiger partial charge in [-0.05, 0) is 25.1 Å². The van der Waals surface area contributed by atoms with E-state index < -0.39 is 0 Å². The molecule has 0 aliphatic carbocycles. The van der Waals surface area contributed by atoms with E-state index in [9.17, 15) is 0 Å². The predicted molar refractivity (Wildman–Crippen MR) is 100 cm³/mol. The number of thiazole rings is 1. The molecule has 0 unspecified atom stereocenters. The molecule has 0 saturated carbocycles. The molecule has 0 aliphatic heterocycles. The maximum Gasteiger partial charge on any atom is 0.227 e. The molecule has 3 rings (SSSR count). The summed E-state index contributed by atoms with van der Waals surface area (Å²) >= 11 is 1.56. The van der Waals surface area contributed by atoms with Crippen LogP contribution in [0.5, 0.6) is 11.5 Å². The lowest BCUT2D eigenvalue weighted by Gasteiger charge is -2.11. The first-order valence-corrected chi connectivity index (χ1v) is 8.44. The van der Waals surface area contributed by atoms with Gasteiger partial charge in [-0.2, -0.15) is 0 Å². The lowest BCUT2D eigenvalue weighted by molar-refractivity contribution is 0.395. The van der Waals surface area contributed by atoms with Gasteiger partial charge in [-0.1, -0.05) is 11.3 Å². The summed E-state index contributed by atoms with van der Waals surface area (Å²) in [5.74, 6) is 1.86. The van der Waals surface area contributed by atoms with Crippen LogP contribution in [0.2, 0.25) is 0 Å². The fourth-order valence-corrected chi connectivity index (χ4v) is 3.20. The van der Waals surface area contributed by atoms with Gasteiger partial charge in [0.2, 0.25) is 5.95 Å². The second kappa shape index (κ2) is 7.35. The number of aryl methyl sites for hydroxylation is 1. The SMILES string of the molecule is CNc1nc(C)c(-c2ccnc(Nc3ccc(OC)cc3OC)n2)s1. The molecule has 0 saturated heterocycles. The molecule has 0 bridgehead atoms. The molecule has 2 aromatic heterocycles. The maximum atomic E-state index is 5.40. The van der Waals surface area contributed by atoms with Crippen molar-refractivity contribution in [3.63, 3.8) is 0 Å². The van der Waals surface area contributed by atoms with Crippen molar-refractivity contribution in [3.05, 3.63) is 36.2 Å². The lowest BCUT2D eigenvalue weighted by atomic mass is 10.2. The molecular weight excluding hydrogens is 338 g/mol. The Morgan fingerprint density at radius 2 is 1.92 bits per heavy atom. The van der Waals surface area contributed by atoms with Crippen molar-refractivity contribution in [2.24, 2.45) is 0 Å². The Labute approximate surface area is 150 Å². The number of ether oxygens (including phenoxy) is 2. The second-order valence-corrected chi connectivity index (χ2v) is 6.14. The zero-order valence-corrected chi connectivity index (χ0v) is 15.3. The number of nitrogens with zero attached hydrogens (tertiary/aromatic N) is 3. The van der Waals surface area contributed by atoms with Gasteiger partial charge in [0.15, 0.2) is 5.13 Å². The Kier molecular flexibility index (Phi) is 4.99. The predicted octanol–water partition coefficient (Wildman–Crippen LogP) is 3.71. The minimum absolute atomic E-state index is 0.486. The van der Waals surface area contributed by atoms with E-state index in [2.05, 4.69) is 25.6 Å². The summed E-state index contributed by atoms with van der Waals surface area (Å²) < 4.78 is 10.6. The highest BCUT2D eigenvalue weighted by molar-refractivity contribution is 7.19. The van der Waals surface area contributed by atoms with Crippen molar-refractivity contribution in [2.45, 2.75) is 6.92 Å². The van der Waals surface area contributed by atoms with E-state index in [1.807, 2.05) is 32.2 Å². The number of hydrogen-bond acceptors (Lipinski definition) is 8. The van der Waals surface area contributed by atoms with Crippen LogP contribution in [0.3, 0.4) is 0 Å². The van der Waals surface area contributed by atoms with Crippen LogP contribution in [-0.4, -0.2) is 36.2 Å². The summed E-state index contributed by atoms with van der Waals surface area (Å²) in [6.07, 6.45) is 1.72. The molecule has 8 heteroatoms. The molecule has 0 atom stereocenters. The van der Waals surface area contributed by atoms with E-state index in [1.165, 1.54) is 0 Å². The number of nitrogens with one attached hydrogen (secondary N) is 2. The van der Waals surface area contributed by atoms with Crippen molar-refractivity contribution in [2.75, 3.05) is 31.9 Å². The van der Waals surface area contributed by atoms with E-state index in [-0.39, 0.29) is 0 Å². The normalized spacial score (nSPS) is 10.4. The minimum atomic E-state index is 0.486. The van der Waals surface area contributed by atoms with Crippen LogP contribution >= 0.6 is 11.3 Å². The van der Waals surface area contributed by atoms with Crippen LogP contribution in [0.4, 0.5) is 16.8 Å². The molecular formula is C17H19N5O2S. The summed E-state index contributed by atoms with van der Waals surface area (Å²) in [6, 6.07) is 7.39. The number of rotatable bonds is 6. The van der Waals surface area contributed by atoms with Gasteiger partial charge in [-0.25, -0.2) is 15.0 Å². The third kappa shape index (κ3) is 3.63. The molecule has 0 amide bonds. The van der Waals surface area contributed by atoms with E-state index >= 15 is 0 Å². The minimum Gasteiger partial charge on any atom is -0.497 e. The number of hydrogen-bond donors (Lipinski definition) is 2. The quantitative estimate of drug-likeness (QED) is 0.696. The Balaban J connectivity index is 1.91. The average Bonchev–Trinajstić information content (AvgIpc) is 3.03. The molecule has 1 aromatic carbocycles. The van der Waals surface area contributed by atoms with Crippen LogP contribution < -0.4 is 20.1 Å². The van der Waals surface area contributed by atoms with E-state index in [0.29, 0.717) is 11.7 Å². The van der Waals surface area contributed by atoms with Crippen LogP contribution in [0.15, 0.2) is 30.5 Å². The standard InChI is InChI=1S/C17H19N5O2S/c1-10-15(25-17(18-2)20-10)13-7-8-19-16(22-13)21-12-6-5-11(23-3)9-14(12)24-4/h5-9H,1-4H3,(H,18,20)(H,19,21,22). The summed E-state index contributed by atoms with van der Waals surface area (Å²) in [6.45, 7) is 1.97. The zero-order chi connectivity index (χ0) is 17.8.